The lowest BCUT2D eigenvalue weighted by molar-refractivity contribution is -0.123. The van der Waals surface area contributed by atoms with Gasteiger partial charge >= 0.3 is 0 Å². The van der Waals surface area contributed by atoms with E-state index in [1.165, 1.54) is 12.1 Å². The van der Waals surface area contributed by atoms with E-state index in [1.54, 1.807) is 36.4 Å². The van der Waals surface area contributed by atoms with Gasteiger partial charge in [0.1, 0.15) is 5.82 Å². The van der Waals surface area contributed by atoms with E-state index < -0.39 is 0 Å². The summed E-state index contributed by atoms with van der Waals surface area (Å²) in [4.78, 5) is 30.1. The van der Waals surface area contributed by atoms with E-state index in [0.29, 0.717) is 48.4 Å². The van der Waals surface area contributed by atoms with Crippen molar-refractivity contribution in [3.63, 3.8) is 0 Å². The van der Waals surface area contributed by atoms with Gasteiger partial charge in [0.05, 0.1) is 6.04 Å². The first-order chi connectivity index (χ1) is 15.0. The van der Waals surface area contributed by atoms with Crippen molar-refractivity contribution < 1.29 is 14.0 Å². The zero-order valence-corrected chi connectivity index (χ0v) is 18.2. The molecule has 0 radical (unpaired) electrons. The van der Waals surface area contributed by atoms with E-state index in [4.69, 9.17) is 11.6 Å². The number of nitrogens with one attached hydrogen (secondary N) is 1. The Balaban J connectivity index is 1.43. The topological polar surface area (TPSA) is 52.7 Å². The molecule has 2 amide bonds. The Hall–Kier alpha value is -2.44. The molecule has 0 spiro atoms. The van der Waals surface area contributed by atoms with Gasteiger partial charge in [0.25, 0.3) is 5.91 Å². The smallest absolute Gasteiger partial charge is 0.253 e. The maximum Gasteiger partial charge on any atom is 0.253 e. The predicted molar refractivity (Wildman–Crippen MR) is 120 cm³/mol. The molecule has 1 saturated carbocycles. The van der Waals surface area contributed by atoms with Crippen molar-refractivity contribution in [3.05, 3.63) is 64.9 Å². The minimum absolute atomic E-state index is 0.0321. The summed E-state index contributed by atoms with van der Waals surface area (Å²) in [5.41, 5.74) is 1.19. The number of hydrogen-bond donors (Lipinski definition) is 1. The predicted octanol–water partition coefficient (Wildman–Crippen LogP) is 4.43. The second kappa shape index (κ2) is 9.79. The molecule has 1 aliphatic carbocycles. The van der Waals surface area contributed by atoms with Crippen molar-refractivity contribution in [1.82, 2.24) is 9.80 Å². The van der Waals surface area contributed by atoms with Crippen molar-refractivity contribution in [1.29, 1.82) is 0 Å². The molecule has 0 bridgehead atoms. The van der Waals surface area contributed by atoms with Crippen molar-refractivity contribution in [3.8, 4) is 0 Å². The Labute approximate surface area is 187 Å². The molecule has 5 nitrogen and oxygen atoms in total. The minimum Gasteiger partial charge on any atom is -0.336 e. The van der Waals surface area contributed by atoms with E-state index in [9.17, 15) is 14.0 Å². The Morgan fingerprint density at radius 2 is 1.68 bits per heavy atom. The molecule has 0 aromatic heterocycles. The van der Waals surface area contributed by atoms with Gasteiger partial charge in [-0.3, -0.25) is 14.5 Å². The number of nitrogens with zero attached hydrogens (tertiary/aromatic N) is 2. The maximum atomic E-state index is 13.2. The lowest BCUT2D eigenvalue weighted by Gasteiger charge is -2.40. The Morgan fingerprint density at radius 1 is 1.00 bits per heavy atom. The summed E-state index contributed by atoms with van der Waals surface area (Å²) in [6.45, 7) is 2.42. The van der Waals surface area contributed by atoms with Gasteiger partial charge in [-0.1, -0.05) is 30.5 Å². The number of halogens is 2. The van der Waals surface area contributed by atoms with Gasteiger partial charge in [0.2, 0.25) is 5.91 Å². The second-order valence-corrected chi connectivity index (χ2v) is 8.76. The molecule has 2 aromatic rings. The van der Waals surface area contributed by atoms with Gasteiger partial charge in [0, 0.05) is 42.5 Å². The highest BCUT2D eigenvalue weighted by Crippen LogP contribution is 2.32. The first-order valence-corrected chi connectivity index (χ1v) is 11.2. The van der Waals surface area contributed by atoms with Crippen LogP contribution in [0.15, 0.2) is 48.5 Å². The normalized spacial score (nSPS) is 18.7. The Bertz CT molecular complexity index is 923. The first-order valence-electron chi connectivity index (χ1n) is 10.9. The van der Waals surface area contributed by atoms with Crippen LogP contribution in [0.3, 0.4) is 0 Å². The number of carbonyl (C=O) groups excluding carboxylic acids is 2. The monoisotopic (exact) mass is 443 g/mol. The molecular weight excluding hydrogens is 417 g/mol. The molecule has 2 aliphatic rings. The molecular formula is C24H27ClFN3O2. The number of anilines is 1. The highest BCUT2D eigenvalue weighted by Gasteiger charge is 2.37. The summed E-state index contributed by atoms with van der Waals surface area (Å²) in [6.07, 6.45) is 4.34. The summed E-state index contributed by atoms with van der Waals surface area (Å²) in [5.74, 6) is -0.107. The van der Waals surface area contributed by atoms with Crippen LogP contribution in [0.5, 0.6) is 0 Å². The van der Waals surface area contributed by atoms with Crippen LogP contribution in [-0.4, -0.2) is 53.8 Å². The van der Waals surface area contributed by atoms with Gasteiger partial charge in [-0.05, 0) is 61.2 Å². The van der Waals surface area contributed by atoms with Gasteiger partial charge in [-0.25, -0.2) is 4.39 Å². The lowest BCUT2D eigenvalue weighted by atomic mass is 9.94. The molecule has 164 valence electrons. The number of rotatable bonds is 5. The highest BCUT2D eigenvalue weighted by atomic mass is 35.5. The third-order valence-electron chi connectivity index (χ3n) is 6.29. The van der Waals surface area contributed by atoms with E-state index >= 15 is 0 Å². The number of piperazine rings is 1. The number of carbonyl (C=O) groups is 2. The highest BCUT2D eigenvalue weighted by molar-refractivity contribution is 6.30. The molecule has 1 atom stereocenters. The summed E-state index contributed by atoms with van der Waals surface area (Å²) >= 11 is 6.03. The number of benzene rings is 2. The summed E-state index contributed by atoms with van der Waals surface area (Å²) in [5, 5.41) is 3.51. The third-order valence-corrected chi connectivity index (χ3v) is 6.53. The van der Waals surface area contributed by atoms with Gasteiger partial charge in [0.15, 0.2) is 0 Å². The summed E-state index contributed by atoms with van der Waals surface area (Å²) in [7, 11) is 0. The molecule has 1 saturated heterocycles. The fourth-order valence-corrected chi connectivity index (χ4v) is 4.90. The van der Waals surface area contributed by atoms with Crippen LogP contribution < -0.4 is 5.32 Å². The van der Waals surface area contributed by atoms with E-state index in [0.717, 1.165) is 25.7 Å². The maximum absolute atomic E-state index is 13.2. The average Bonchev–Trinajstić information content (AvgIpc) is 3.30. The molecule has 4 rings (SSSR count). The first kappa shape index (κ1) is 21.8. The Morgan fingerprint density at radius 3 is 2.32 bits per heavy atom. The third kappa shape index (κ3) is 5.25. The van der Waals surface area contributed by atoms with Crippen LogP contribution in [-0.2, 0) is 4.79 Å². The molecule has 1 N–H and O–H groups in total. The SMILES string of the molecule is O=C(Nc1ccc(F)cc1)C(C1CCCC1)N1CCN(C(=O)c2cccc(Cl)c2)CC1. The molecule has 1 heterocycles. The van der Waals surface area contributed by atoms with Gasteiger partial charge in [-0.15, -0.1) is 0 Å². The van der Waals surface area contributed by atoms with E-state index in [-0.39, 0.29) is 23.7 Å². The molecule has 31 heavy (non-hydrogen) atoms. The molecule has 1 aliphatic heterocycles. The molecule has 7 heteroatoms. The Kier molecular flexibility index (Phi) is 6.88. The van der Waals surface area contributed by atoms with Crippen molar-refractivity contribution in [2.75, 3.05) is 31.5 Å². The molecule has 1 unspecified atom stereocenters. The lowest BCUT2D eigenvalue weighted by Crippen LogP contribution is -2.56. The number of amides is 2. The largest absolute Gasteiger partial charge is 0.336 e. The van der Waals surface area contributed by atoms with Crippen molar-refractivity contribution >= 4 is 29.1 Å². The van der Waals surface area contributed by atoms with Crippen LogP contribution in [0, 0.1) is 11.7 Å². The fourth-order valence-electron chi connectivity index (χ4n) is 4.71. The average molecular weight is 444 g/mol. The van der Waals surface area contributed by atoms with Crippen LogP contribution >= 0.6 is 11.6 Å². The zero-order valence-electron chi connectivity index (χ0n) is 17.4. The quantitative estimate of drug-likeness (QED) is 0.743. The molecule has 2 aromatic carbocycles. The number of hydrogen-bond acceptors (Lipinski definition) is 3. The fraction of sp³-hybridized carbons (Fsp3) is 0.417. The minimum atomic E-state index is -0.328. The standard InChI is InChI=1S/C24H27ClFN3O2/c25-19-7-3-6-18(16-19)24(31)29-14-12-28(13-15-29)22(17-4-1-2-5-17)23(30)27-21-10-8-20(26)9-11-21/h3,6-11,16-17,22H,1-2,4-5,12-15H2,(H,27,30). The van der Waals surface area contributed by atoms with Crippen LogP contribution in [0.1, 0.15) is 36.0 Å². The molecule has 2 fully saturated rings. The van der Waals surface area contributed by atoms with Gasteiger partial charge < -0.3 is 10.2 Å². The van der Waals surface area contributed by atoms with E-state index in [1.807, 2.05) is 4.90 Å². The van der Waals surface area contributed by atoms with E-state index in [2.05, 4.69) is 10.2 Å². The van der Waals surface area contributed by atoms with Crippen molar-refractivity contribution in [2.45, 2.75) is 31.7 Å². The zero-order chi connectivity index (χ0) is 21.8. The second-order valence-electron chi connectivity index (χ2n) is 8.32. The van der Waals surface area contributed by atoms with Crippen molar-refractivity contribution in [2.24, 2.45) is 5.92 Å². The van der Waals surface area contributed by atoms with Crippen LogP contribution in [0.2, 0.25) is 5.02 Å². The summed E-state index contributed by atoms with van der Waals surface area (Å²) < 4.78 is 13.2. The van der Waals surface area contributed by atoms with Gasteiger partial charge in [-0.2, -0.15) is 0 Å². The van der Waals surface area contributed by atoms with Crippen LogP contribution in [0.4, 0.5) is 10.1 Å². The summed E-state index contributed by atoms with van der Waals surface area (Å²) in [6, 6.07) is 12.6. The van der Waals surface area contributed by atoms with Crippen LogP contribution in [0.25, 0.3) is 0 Å².